The average Bonchev–Trinajstić information content (AvgIpc) is 2.29. The van der Waals surface area contributed by atoms with Crippen LogP contribution in [-0.2, 0) is 0 Å². The quantitative estimate of drug-likeness (QED) is 0.649. The third-order valence-electron chi connectivity index (χ3n) is 1.61. The summed E-state index contributed by atoms with van der Waals surface area (Å²) in [5, 5.41) is 3.84. The smallest absolute Gasteiger partial charge is 0.141 e. The Labute approximate surface area is 66.9 Å². The lowest BCUT2D eigenvalue weighted by atomic mass is 10.2. The zero-order valence-corrected chi connectivity index (χ0v) is 7.22. The molecule has 1 rings (SSSR count). The topological polar surface area (TPSA) is 26.0 Å². The molecule has 0 aliphatic carbocycles. The molecule has 1 aromatic rings. The summed E-state index contributed by atoms with van der Waals surface area (Å²) in [6.45, 7) is 5.98. The third kappa shape index (κ3) is 1.70. The van der Waals surface area contributed by atoms with Gasteiger partial charge in [0.1, 0.15) is 5.76 Å². The van der Waals surface area contributed by atoms with Crippen molar-refractivity contribution in [1.29, 1.82) is 0 Å². The van der Waals surface area contributed by atoms with E-state index in [0.717, 1.165) is 23.4 Å². The van der Waals surface area contributed by atoms with Crippen molar-refractivity contribution in [2.75, 3.05) is 0 Å². The van der Waals surface area contributed by atoms with Gasteiger partial charge >= 0.3 is 0 Å². The molecule has 0 aliphatic rings. The molecule has 0 amide bonds. The fourth-order valence-corrected chi connectivity index (χ4v) is 0.964. The first-order valence-electron chi connectivity index (χ1n) is 3.85. The van der Waals surface area contributed by atoms with Gasteiger partial charge in [-0.3, -0.25) is 0 Å². The summed E-state index contributed by atoms with van der Waals surface area (Å²) >= 11 is 0. The lowest BCUT2D eigenvalue weighted by Crippen LogP contribution is -1.75. The Balaban J connectivity index is 2.92. The van der Waals surface area contributed by atoms with Crippen LogP contribution in [-0.4, -0.2) is 5.16 Å². The van der Waals surface area contributed by atoms with E-state index in [9.17, 15) is 0 Å². The Hall–Kier alpha value is -1.05. The normalized spacial score (nSPS) is 11.2. The summed E-state index contributed by atoms with van der Waals surface area (Å²) < 4.78 is 4.99. The van der Waals surface area contributed by atoms with E-state index in [-0.39, 0.29) is 0 Å². The molecule has 1 heterocycles. The summed E-state index contributed by atoms with van der Waals surface area (Å²) in [5.74, 6) is 0.896. The summed E-state index contributed by atoms with van der Waals surface area (Å²) in [5.41, 5.74) is 2.08. The first kappa shape index (κ1) is 8.05. The van der Waals surface area contributed by atoms with Gasteiger partial charge in [-0.2, -0.15) is 0 Å². The molecule has 0 N–H and O–H groups in total. The van der Waals surface area contributed by atoms with Crippen molar-refractivity contribution in [3.05, 3.63) is 23.1 Å². The monoisotopic (exact) mass is 151 g/mol. The molecule has 0 atom stereocenters. The Bertz CT molecular complexity index is 241. The van der Waals surface area contributed by atoms with Crippen molar-refractivity contribution >= 4 is 6.08 Å². The number of hydrogen-bond donors (Lipinski definition) is 0. The Morgan fingerprint density at radius 3 is 2.64 bits per heavy atom. The molecule has 0 aliphatic heterocycles. The minimum atomic E-state index is 0.896. The fourth-order valence-electron chi connectivity index (χ4n) is 0.964. The van der Waals surface area contributed by atoms with Crippen LogP contribution < -0.4 is 0 Å². The van der Waals surface area contributed by atoms with Crippen molar-refractivity contribution in [2.24, 2.45) is 0 Å². The van der Waals surface area contributed by atoms with Gasteiger partial charge in [0.25, 0.3) is 0 Å². The van der Waals surface area contributed by atoms with Crippen LogP contribution in [0.15, 0.2) is 10.6 Å². The number of hydrogen-bond acceptors (Lipinski definition) is 2. The SMILES string of the molecule is CC/C=C\c1c(C)noc1C. The molecule has 2 nitrogen and oxygen atoms in total. The van der Waals surface area contributed by atoms with Gasteiger partial charge in [-0.05, 0) is 20.3 Å². The number of nitrogens with zero attached hydrogens (tertiary/aromatic N) is 1. The number of allylic oxidation sites excluding steroid dienone is 1. The van der Waals surface area contributed by atoms with Crippen LogP contribution in [0.4, 0.5) is 0 Å². The summed E-state index contributed by atoms with van der Waals surface area (Å²) in [6, 6.07) is 0. The Kier molecular flexibility index (Phi) is 2.47. The maximum absolute atomic E-state index is 4.99. The Morgan fingerprint density at radius 2 is 2.18 bits per heavy atom. The van der Waals surface area contributed by atoms with E-state index in [4.69, 9.17) is 4.52 Å². The standard InChI is InChI=1S/C9H13NO/c1-4-5-6-9-7(2)10-11-8(9)3/h5-6H,4H2,1-3H3/b6-5-. The molecule has 0 saturated carbocycles. The van der Waals surface area contributed by atoms with Gasteiger partial charge in [-0.15, -0.1) is 0 Å². The van der Waals surface area contributed by atoms with Gasteiger partial charge in [0.2, 0.25) is 0 Å². The highest BCUT2D eigenvalue weighted by molar-refractivity contribution is 5.52. The van der Waals surface area contributed by atoms with Crippen molar-refractivity contribution < 1.29 is 4.52 Å². The molecule has 0 unspecified atom stereocenters. The van der Waals surface area contributed by atoms with Gasteiger partial charge in [-0.25, -0.2) is 0 Å². The summed E-state index contributed by atoms with van der Waals surface area (Å²) in [4.78, 5) is 0. The highest BCUT2D eigenvalue weighted by Crippen LogP contribution is 2.13. The van der Waals surface area contributed by atoms with E-state index < -0.39 is 0 Å². The molecule has 0 saturated heterocycles. The second-order valence-electron chi connectivity index (χ2n) is 2.55. The van der Waals surface area contributed by atoms with Gasteiger partial charge in [0.15, 0.2) is 0 Å². The van der Waals surface area contributed by atoms with E-state index in [1.807, 2.05) is 13.8 Å². The average molecular weight is 151 g/mol. The summed E-state index contributed by atoms with van der Waals surface area (Å²) in [7, 11) is 0. The van der Waals surface area contributed by atoms with Crippen molar-refractivity contribution in [3.8, 4) is 0 Å². The van der Waals surface area contributed by atoms with Gasteiger partial charge in [-0.1, -0.05) is 24.2 Å². The largest absolute Gasteiger partial charge is 0.361 e. The highest BCUT2D eigenvalue weighted by Gasteiger charge is 2.03. The van der Waals surface area contributed by atoms with Crippen LogP contribution >= 0.6 is 0 Å². The lowest BCUT2D eigenvalue weighted by Gasteiger charge is -1.86. The third-order valence-corrected chi connectivity index (χ3v) is 1.61. The maximum atomic E-state index is 4.99. The van der Waals surface area contributed by atoms with Crippen LogP contribution in [0.2, 0.25) is 0 Å². The zero-order chi connectivity index (χ0) is 8.27. The molecular weight excluding hydrogens is 138 g/mol. The molecule has 60 valence electrons. The zero-order valence-electron chi connectivity index (χ0n) is 7.22. The minimum Gasteiger partial charge on any atom is -0.361 e. The van der Waals surface area contributed by atoms with Crippen LogP contribution in [0.5, 0.6) is 0 Å². The second-order valence-corrected chi connectivity index (χ2v) is 2.55. The molecule has 0 bridgehead atoms. The van der Waals surface area contributed by atoms with Crippen LogP contribution in [0.1, 0.15) is 30.4 Å². The van der Waals surface area contributed by atoms with E-state index in [1.54, 1.807) is 0 Å². The second kappa shape index (κ2) is 3.37. The van der Waals surface area contributed by atoms with Crippen molar-refractivity contribution in [3.63, 3.8) is 0 Å². The molecule has 11 heavy (non-hydrogen) atoms. The molecule has 0 spiro atoms. The van der Waals surface area contributed by atoms with Gasteiger partial charge in [0, 0.05) is 5.56 Å². The predicted octanol–water partition coefficient (Wildman–Crippen LogP) is 2.71. The van der Waals surface area contributed by atoms with Crippen molar-refractivity contribution in [2.45, 2.75) is 27.2 Å². The van der Waals surface area contributed by atoms with Crippen LogP contribution in [0.25, 0.3) is 6.08 Å². The van der Waals surface area contributed by atoms with E-state index in [0.29, 0.717) is 0 Å². The molecule has 2 heteroatoms. The number of aryl methyl sites for hydroxylation is 2. The molecule has 0 radical (unpaired) electrons. The number of rotatable bonds is 2. The first-order valence-corrected chi connectivity index (χ1v) is 3.85. The number of aromatic nitrogens is 1. The van der Waals surface area contributed by atoms with Crippen LogP contribution in [0, 0.1) is 13.8 Å². The van der Waals surface area contributed by atoms with Crippen LogP contribution in [0.3, 0.4) is 0 Å². The van der Waals surface area contributed by atoms with E-state index >= 15 is 0 Å². The van der Waals surface area contributed by atoms with Crippen molar-refractivity contribution in [1.82, 2.24) is 5.16 Å². The molecule has 0 aromatic carbocycles. The highest BCUT2D eigenvalue weighted by atomic mass is 16.5. The van der Waals surface area contributed by atoms with Gasteiger partial charge in [0.05, 0.1) is 5.69 Å². The fraction of sp³-hybridized carbons (Fsp3) is 0.444. The van der Waals surface area contributed by atoms with Gasteiger partial charge < -0.3 is 4.52 Å². The summed E-state index contributed by atoms with van der Waals surface area (Å²) in [6.07, 6.45) is 5.21. The maximum Gasteiger partial charge on any atom is 0.141 e. The molecule has 1 aromatic heterocycles. The first-order chi connectivity index (χ1) is 5.25. The predicted molar refractivity (Wildman–Crippen MR) is 45.3 cm³/mol. The minimum absolute atomic E-state index is 0.896. The molecule has 0 fully saturated rings. The van der Waals surface area contributed by atoms with E-state index in [2.05, 4.69) is 24.2 Å². The molecular formula is C9H13NO. The van der Waals surface area contributed by atoms with E-state index in [1.165, 1.54) is 0 Å². The Morgan fingerprint density at radius 1 is 1.45 bits per heavy atom. The lowest BCUT2D eigenvalue weighted by molar-refractivity contribution is 0.393.